The van der Waals surface area contributed by atoms with Crippen LogP contribution in [0.5, 0.6) is 0 Å². The number of aliphatic carboxylic acids is 2. The minimum atomic E-state index is -4.28. The SMILES string of the molecule is CC(=CC(F)=C1Sc2ccc(-n3cccc3)cc2N1CCCS(=O)(=O)O)C=c1oc(=C2OC(=O)N(CC(=O)O)C2=O)n(CC(=O)O)c1=O. The highest BCUT2D eigenvalue weighted by Gasteiger charge is 2.40. The largest absolute Gasteiger partial charge is 0.480 e. The Morgan fingerprint density at radius 3 is 2.38 bits per heavy atom. The molecule has 3 N–H and O–H groups in total. The summed E-state index contributed by atoms with van der Waals surface area (Å²) in [5.74, 6) is -6.62. The number of anilines is 1. The third-order valence-corrected chi connectivity index (χ3v) is 8.81. The summed E-state index contributed by atoms with van der Waals surface area (Å²) >= 11 is 1.06. The van der Waals surface area contributed by atoms with Crippen molar-refractivity contribution in [1.82, 2.24) is 14.0 Å². The minimum Gasteiger partial charge on any atom is -0.480 e. The zero-order valence-corrected chi connectivity index (χ0v) is 26.4. The fourth-order valence-electron chi connectivity index (χ4n) is 4.82. The number of carboxylic acid groups (broad SMARTS) is 2. The van der Waals surface area contributed by atoms with Gasteiger partial charge in [0.2, 0.25) is 0 Å². The first-order valence-corrected chi connectivity index (χ1v) is 16.2. The summed E-state index contributed by atoms with van der Waals surface area (Å²) in [7, 11) is -4.28. The van der Waals surface area contributed by atoms with E-state index in [1.54, 1.807) is 17.0 Å². The van der Waals surface area contributed by atoms with Crippen LogP contribution in [-0.2, 0) is 35.8 Å². The number of nitrogens with zero attached hydrogens (tertiary/aromatic N) is 4. The number of hydrogen-bond acceptors (Lipinski definition) is 11. The molecular weight excluding hydrogens is 679 g/mol. The Morgan fingerprint density at radius 2 is 1.73 bits per heavy atom. The van der Waals surface area contributed by atoms with Gasteiger partial charge in [-0.05, 0) is 61.4 Å². The Balaban J connectivity index is 1.56. The summed E-state index contributed by atoms with van der Waals surface area (Å²) in [6.45, 7) is -0.689. The topological polar surface area (TPSA) is 219 Å². The maximum atomic E-state index is 16.0. The Labute approximate surface area is 273 Å². The normalized spacial score (nSPS) is 17.6. The van der Waals surface area contributed by atoms with E-state index < -0.39 is 81.0 Å². The van der Waals surface area contributed by atoms with Gasteiger partial charge < -0.3 is 28.8 Å². The predicted octanol–water partition coefficient (Wildman–Crippen LogP) is 1.24. The Bertz CT molecular complexity index is 2200. The molecule has 16 nitrogen and oxygen atoms in total. The lowest BCUT2D eigenvalue weighted by atomic mass is 10.2. The highest BCUT2D eigenvalue weighted by molar-refractivity contribution is 8.03. The van der Waals surface area contributed by atoms with E-state index >= 15 is 4.39 Å². The summed E-state index contributed by atoms with van der Waals surface area (Å²) in [6, 6.07) is 9.03. The summed E-state index contributed by atoms with van der Waals surface area (Å²) in [5, 5.41) is 18.4. The number of imide groups is 1. The van der Waals surface area contributed by atoms with Crippen molar-refractivity contribution in [3.05, 3.63) is 86.5 Å². The number of ether oxygens (including phenoxy) is 1. The third kappa shape index (κ3) is 7.27. The molecule has 5 rings (SSSR count). The van der Waals surface area contributed by atoms with Gasteiger partial charge in [0, 0.05) is 29.5 Å². The molecule has 48 heavy (non-hydrogen) atoms. The molecule has 0 unspecified atom stereocenters. The lowest BCUT2D eigenvalue weighted by molar-refractivity contribution is -0.140. The molecule has 4 heterocycles. The van der Waals surface area contributed by atoms with Gasteiger partial charge in [-0.3, -0.25) is 28.3 Å². The molecule has 2 aliphatic heterocycles. The van der Waals surface area contributed by atoms with E-state index in [0.717, 1.165) is 29.6 Å². The fourth-order valence-corrected chi connectivity index (χ4v) is 6.39. The quantitative estimate of drug-likeness (QED) is 0.239. The molecule has 0 saturated carbocycles. The number of carbonyl (C=O) groups is 4. The van der Waals surface area contributed by atoms with Crippen LogP contribution < -0.4 is 21.4 Å². The van der Waals surface area contributed by atoms with Crippen LogP contribution in [0.15, 0.2) is 79.3 Å². The number of aromatic nitrogens is 2. The average Bonchev–Trinajstić information content (AvgIpc) is 3.77. The zero-order valence-electron chi connectivity index (χ0n) is 24.7. The lowest BCUT2D eigenvalue weighted by Crippen LogP contribution is -2.36. The van der Waals surface area contributed by atoms with Crippen LogP contribution >= 0.6 is 11.8 Å². The number of allylic oxidation sites excluding steroid dienone is 3. The third-order valence-electron chi connectivity index (χ3n) is 6.83. The van der Waals surface area contributed by atoms with Crippen molar-refractivity contribution in [2.45, 2.75) is 24.8 Å². The van der Waals surface area contributed by atoms with Crippen molar-refractivity contribution in [2.24, 2.45) is 0 Å². The molecule has 2 aliphatic rings. The van der Waals surface area contributed by atoms with E-state index in [-0.39, 0.29) is 28.5 Å². The maximum absolute atomic E-state index is 16.0. The van der Waals surface area contributed by atoms with E-state index in [9.17, 15) is 42.0 Å². The van der Waals surface area contributed by atoms with Gasteiger partial charge in [-0.2, -0.15) is 8.42 Å². The van der Waals surface area contributed by atoms with E-state index in [4.69, 9.17) is 14.3 Å². The lowest BCUT2D eigenvalue weighted by Gasteiger charge is -2.21. The van der Waals surface area contributed by atoms with Gasteiger partial charge in [0.1, 0.15) is 18.1 Å². The summed E-state index contributed by atoms with van der Waals surface area (Å²) in [5.41, 5.74) is -0.990. The van der Waals surface area contributed by atoms with Gasteiger partial charge >= 0.3 is 23.9 Å². The van der Waals surface area contributed by atoms with Crippen molar-refractivity contribution in [1.29, 1.82) is 0 Å². The molecular formula is C29H25FN4O12S2. The van der Waals surface area contributed by atoms with Gasteiger partial charge in [0.05, 0.1) is 11.4 Å². The number of halogens is 1. The van der Waals surface area contributed by atoms with Crippen LogP contribution in [-0.4, -0.2) is 80.0 Å². The summed E-state index contributed by atoms with van der Waals surface area (Å²) < 4.78 is 60.5. The molecule has 252 valence electrons. The number of hydrogen-bond donors (Lipinski definition) is 3. The van der Waals surface area contributed by atoms with Gasteiger partial charge in [-0.15, -0.1) is 0 Å². The molecule has 1 aromatic carbocycles. The van der Waals surface area contributed by atoms with Crippen LogP contribution in [0.4, 0.5) is 14.9 Å². The first kappa shape index (κ1) is 33.9. The zero-order chi connectivity index (χ0) is 34.9. The number of oxazole rings is 1. The highest BCUT2D eigenvalue weighted by Crippen LogP contribution is 2.48. The molecule has 1 saturated heterocycles. The number of benzene rings is 1. The number of amides is 2. The number of carbonyl (C=O) groups excluding carboxylic acids is 2. The second-order valence-electron chi connectivity index (χ2n) is 10.4. The molecule has 0 bridgehead atoms. The van der Waals surface area contributed by atoms with Gasteiger partial charge in [0.25, 0.3) is 27.0 Å². The van der Waals surface area contributed by atoms with Gasteiger partial charge in [-0.1, -0.05) is 11.8 Å². The molecule has 0 aliphatic carbocycles. The van der Waals surface area contributed by atoms with Crippen LogP contribution in [0.3, 0.4) is 0 Å². The van der Waals surface area contributed by atoms with Crippen molar-refractivity contribution in [3.63, 3.8) is 0 Å². The fraction of sp³-hybridized carbons (Fsp3) is 0.207. The van der Waals surface area contributed by atoms with E-state index in [1.807, 2.05) is 35.2 Å². The average molecular weight is 705 g/mol. The minimum absolute atomic E-state index is 0.0139. The highest BCUT2D eigenvalue weighted by atomic mass is 32.2. The van der Waals surface area contributed by atoms with Gasteiger partial charge in [0.15, 0.2) is 11.2 Å². The van der Waals surface area contributed by atoms with Crippen molar-refractivity contribution < 1.29 is 55.9 Å². The number of fused-ring (bicyclic) bond motifs is 1. The Kier molecular flexibility index (Phi) is 9.46. The van der Waals surface area contributed by atoms with Crippen molar-refractivity contribution >= 4 is 63.3 Å². The number of thioether (sulfide) groups is 1. The molecule has 0 atom stereocenters. The Morgan fingerprint density at radius 1 is 1.04 bits per heavy atom. The maximum Gasteiger partial charge on any atom is 0.423 e. The number of rotatable bonds is 11. The van der Waals surface area contributed by atoms with Crippen molar-refractivity contribution in [3.8, 4) is 5.69 Å². The molecule has 2 aromatic heterocycles. The summed E-state index contributed by atoms with van der Waals surface area (Å²) in [6.07, 6.45) is 4.31. The monoisotopic (exact) mass is 704 g/mol. The van der Waals surface area contributed by atoms with E-state index in [2.05, 4.69) is 0 Å². The standard InChI is InChI=1S/C29H25FN4O12S2/c1-16(12-20-25(39)33(14-22(35)36)27(45-20)24-26(40)34(15-23(37)38)29(41)46-24)11-18(30)28-32(9-4-10-48(42,43)44)19-13-17(5-6-21(19)47-28)31-7-2-3-8-31/h2-3,5-8,11-13H,4,9-10,14-15H2,1H3,(H,35,36)(H,37,38)(H,42,43,44). The van der Waals surface area contributed by atoms with Crippen LogP contribution in [0.2, 0.25) is 0 Å². The van der Waals surface area contributed by atoms with E-state index in [1.165, 1.54) is 6.92 Å². The second-order valence-corrected chi connectivity index (χ2v) is 13.0. The number of cyclic esters (lactones) is 1. The molecule has 1 fully saturated rings. The molecule has 19 heteroatoms. The van der Waals surface area contributed by atoms with E-state index in [0.29, 0.717) is 15.1 Å². The predicted molar refractivity (Wildman–Crippen MR) is 165 cm³/mol. The summed E-state index contributed by atoms with van der Waals surface area (Å²) in [4.78, 5) is 62.9. The first-order valence-electron chi connectivity index (χ1n) is 13.8. The van der Waals surface area contributed by atoms with Gasteiger partial charge in [-0.25, -0.2) is 14.1 Å². The van der Waals surface area contributed by atoms with Crippen LogP contribution in [0.1, 0.15) is 13.3 Å². The van der Waals surface area contributed by atoms with Crippen LogP contribution in [0.25, 0.3) is 17.5 Å². The smallest absolute Gasteiger partial charge is 0.423 e. The molecule has 0 spiro atoms. The number of carboxylic acids is 2. The second kappa shape index (κ2) is 13.4. The molecule has 0 radical (unpaired) electrons. The molecule has 2 amide bonds. The first-order chi connectivity index (χ1) is 22.6. The Hall–Kier alpha value is -5.40. The van der Waals surface area contributed by atoms with Crippen LogP contribution in [0, 0.1) is 0 Å². The van der Waals surface area contributed by atoms with Crippen molar-refractivity contribution in [2.75, 3.05) is 23.7 Å². The molecule has 3 aromatic rings.